The third-order valence-electron chi connectivity index (χ3n) is 2.65. The minimum atomic E-state index is -0.465. The number of rotatable bonds is 5. The highest BCUT2D eigenvalue weighted by Crippen LogP contribution is 2.22. The molecule has 0 aliphatic heterocycles. The minimum absolute atomic E-state index is 0.132. The molecular formula is C15H13Cl2FN2O2. The zero-order chi connectivity index (χ0) is 15.9. The van der Waals surface area contributed by atoms with Crippen LogP contribution in [0.3, 0.4) is 0 Å². The van der Waals surface area contributed by atoms with Crippen molar-refractivity contribution in [2.75, 3.05) is 18.5 Å². The molecule has 0 heterocycles. The lowest BCUT2D eigenvalue weighted by Crippen LogP contribution is -2.32. The van der Waals surface area contributed by atoms with E-state index in [0.717, 1.165) is 6.07 Å². The van der Waals surface area contributed by atoms with Crippen molar-refractivity contribution in [3.63, 3.8) is 0 Å². The Balaban J connectivity index is 1.72. The molecule has 22 heavy (non-hydrogen) atoms. The summed E-state index contributed by atoms with van der Waals surface area (Å²) in [5.74, 6) is 0.195. The average Bonchev–Trinajstić information content (AvgIpc) is 2.48. The van der Waals surface area contributed by atoms with Gasteiger partial charge in [0.1, 0.15) is 18.2 Å². The van der Waals surface area contributed by atoms with Crippen LogP contribution in [0.25, 0.3) is 0 Å². The number of carbonyl (C=O) groups is 1. The number of hydrogen-bond donors (Lipinski definition) is 2. The quantitative estimate of drug-likeness (QED) is 0.794. The number of urea groups is 1. The lowest BCUT2D eigenvalue weighted by Gasteiger charge is -2.10. The van der Waals surface area contributed by atoms with Crippen molar-refractivity contribution in [3.8, 4) is 5.75 Å². The summed E-state index contributed by atoms with van der Waals surface area (Å²) in [5.41, 5.74) is 0.333. The zero-order valence-electron chi connectivity index (χ0n) is 11.4. The van der Waals surface area contributed by atoms with Gasteiger partial charge >= 0.3 is 6.03 Å². The summed E-state index contributed by atoms with van der Waals surface area (Å²) >= 11 is 11.6. The van der Waals surface area contributed by atoms with E-state index < -0.39 is 11.8 Å². The molecule has 0 spiro atoms. The molecule has 0 unspecified atom stereocenters. The summed E-state index contributed by atoms with van der Waals surface area (Å²) in [6.45, 7) is 0.597. The minimum Gasteiger partial charge on any atom is -0.492 e. The molecule has 0 saturated carbocycles. The number of hydrogen-bond acceptors (Lipinski definition) is 2. The third kappa shape index (κ3) is 5.09. The predicted octanol–water partition coefficient (Wildman–Crippen LogP) is 4.33. The lowest BCUT2D eigenvalue weighted by molar-refractivity contribution is 0.247. The van der Waals surface area contributed by atoms with E-state index in [9.17, 15) is 9.18 Å². The second-order valence-electron chi connectivity index (χ2n) is 4.31. The fraction of sp³-hybridized carbons (Fsp3) is 0.133. The highest BCUT2D eigenvalue weighted by atomic mass is 35.5. The number of anilines is 1. The van der Waals surface area contributed by atoms with Crippen LogP contribution in [0.5, 0.6) is 5.75 Å². The van der Waals surface area contributed by atoms with Gasteiger partial charge in [-0.25, -0.2) is 9.18 Å². The molecular weight excluding hydrogens is 330 g/mol. The van der Waals surface area contributed by atoms with Gasteiger partial charge in [0.2, 0.25) is 0 Å². The van der Waals surface area contributed by atoms with Crippen LogP contribution < -0.4 is 15.4 Å². The standard InChI is InChI=1S/C15H13Cl2FN2O2/c16-10-1-4-12(5-2-10)22-8-7-19-15(21)20-14-6-3-11(18)9-13(14)17/h1-6,9H,7-8H2,(H2,19,20,21). The molecule has 116 valence electrons. The Morgan fingerprint density at radius 2 is 1.86 bits per heavy atom. The number of benzene rings is 2. The highest BCUT2D eigenvalue weighted by molar-refractivity contribution is 6.33. The monoisotopic (exact) mass is 342 g/mol. The molecule has 0 aliphatic carbocycles. The molecule has 0 atom stereocenters. The van der Waals surface area contributed by atoms with E-state index in [0.29, 0.717) is 29.6 Å². The molecule has 0 aliphatic rings. The maximum Gasteiger partial charge on any atom is 0.319 e. The third-order valence-corrected chi connectivity index (χ3v) is 3.21. The van der Waals surface area contributed by atoms with Crippen molar-refractivity contribution < 1.29 is 13.9 Å². The molecule has 0 bridgehead atoms. The summed E-state index contributed by atoms with van der Waals surface area (Å²) in [4.78, 5) is 11.7. The maximum atomic E-state index is 12.9. The van der Waals surface area contributed by atoms with Crippen LogP contribution in [0.15, 0.2) is 42.5 Å². The summed E-state index contributed by atoms with van der Waals surface area (Å²) in [6, 6.07) is 10.2. The van der Waals surface area contributed by atoms with Crippen LogP contribution in [-0.4, -0.2) is 19.2 Å². The topological polar surface area (TPSA) is 50.4 Å². The van der Waals surface area contributed by atoms with E-state index in [-0.39, 0.29) is 5.02 Å². The Labute approximate surface area is 137 Å². The van der Waals surface area contributed by atoms with Gasteiger partial charge in [-0.1, -0.05) is 23.2 Å². The molecule has 2 N–H and O–H groups in total. The van der Waals surface area contributed by atoms with Crippen LogP contribution in [0.2, 0.25) is 10.0 Å². The highest BCUT2D eigenvalue weighted by Gasteiger charge is 2.06. The van der Waals surface area contributed by atoms with Gasteiger partial charge in [-0.15, -0.1) is 0 Å². The molecule has 4 nitrogen and oxygen atoms in total. The van der Waals surface area contributed by atoms with Crippen molar-refractivity contribution in [2.24, 2.45) is 0 Å². The summed E-state index contributed by atoms with van der Waals surface area (Å²) in [7, 11) is 0. The van der Waals surface area contributed by atoms with E-state index in [1.54, 1.807) is 24.3 Å². The van der Waals surface area contributed by atoms with Crippen molar-refractivity contribution in [1.82, 2.24) is 5.32 Å². The summed E-state index contributed by atoms with van der Waals surface area (Å²) in [5, 5.41) is 5.88. The molecule has 2 amide bonds. The largest absolute Gasteiger partial charge is 0.492 e. The number of carbonyl (C=O) groups excluding carboxylic acids is 1. The van der Waals surface area contributed by atoms with Gasteiger partial charge in [0, 0.05) is 5.02 Å². The second kappa shape index (κ2) is 7.87. The Bertz CT molecular complexity index is 650. The second-order valence-corrected chi connectivity index (χ2v) is 5.15. The normalized spacial score (nSPS) is 10.1. The predicted molar refractivity (Wildman–Crippen MR) is 85.4 cm³/mol. The van der Waals surface area contributed by atoms with Crippen LogP contribution in [0.1, 0.15) is 0 Å². The van der Waals surface area contributed by atoms with Gasteiger partial charge in [-0.3, -0.25) is 0 Å². The smallest absolute Gasteiger partial charge is 0.319 e. The van der Waals surface area contributed by atoms with Crippen LogP contribution in [-0.2, 0) is 0 Å². The number of amides is 2. The van der Waals surface area contributed by atoms with Gasteiger partial charge in [0.15, 0.2) is 0 Å². The van der Waals surface area contributed by atoms with Gasteiger partial charge < -0.3 is 15.4 Å². The summed E-state index contributed by atoms with van der Waals surface area (Å²) in [6.07, 6.45) is 0. The average molecular weight is 343 g/mol. The first-order valence-electron chi connectivity index (χ1n) is 6.43. The molecule has 0 fully saturated rings. The number of nitrogens with one attached hydrogen (secondary N) is 2. The first kappa shape index (κ1) is 16.4. The zero-order valence-corrected chi connectivity index (χ0v) is 12.9. The molecule has 0 radical (unpaired) electrons. The van der Waals surface area contributed by atoms with Gasteiger partial charge in [0.05, 0.1) is 17.3 Å². The molecule has 2 aromatic rings. The van der Waals surface area contributed by atoms with Gasteiger partial charge in [0.25, 0.3) is 0 Å². The Morgan fingerprint density at radius 1 is 1.14 bits per heavy atom. The van der Waals surface area contributed by atoms with Crippen molar-refractivity contribution >= 4 is 34.9 Å². The van der Waals surface area contributed by atoms with Gasteiger partial charge in [-0.05, 0) is 42.5 Å². The van der Waals surface area contributed by atoms with E-state index >= 15 is 0 Å². The lowest BCUT2D eigenvalue weighted by atomic mass is 10.3. The van der Waals surface area contributed by atoms with Crippen molar-refractivity contribution in [1.29, 1.82) is 0 Å². The molecule has 2 aromatic carbocycles. The van der Waals surface area contributed by atoms with Crippen LogP contribution in [0.4, 0.5) is 14.9 Å². The molecule has 0 saturated heterocycles. The van der Waals surface area contributed by atoms with E-state index in [2.05, 4.69) is 10.6 Å². The van der Waals surface area contributed by atoms with E-state index in [1.807, 2.05) is 0 Å². The van der Waals surface area contributed by atoms with E-state index in [4.69, 9.17) is 27.9 Å². The number of halogens is 3. The SMILES string of the molecule is O=C(NCCOc1ccc(Cl)cc1)Nc1ccc(F)cc1Cl. The summed E-state index contributed by atoms with van der Waals surface area (Å²) < 4.78 is 18.3. The van der Waals surface area contributed by atoms with Crippen LogP contribution >= 0.6 is 23.2 Å². The first-order valence-corrected chi connectivity index (χ1v) is 7.18. The molecule has 0 aromatic heterocycles. The number of ether oxygens (including phenoxy) is 1. The first-order chi connectivity index (χ1) is 10.5. The molecule has 2 rings (SSSR count). The Kier molecular flexibility index (Phi) is 5.86. The van der Waals surface area contributed by atoms with Gasteiger partial charge in [-0.2, -0.15) is 0 Å². The Morgan fingerprint density at radius 3 is 2.55 bits per heavy atom. The van der Waals surface area contributed by atoms with E-state index in [1.165, 1.54) is 12.1 Å². The van der Waals surface area contributed by atoms with Crippen molar-refractivity contribution in [3.05, 3.63) is 58.3 Å². The van der Waals surface area contributed by atoms with Crippen molar-refractivity contribution in [2.45, 2.75) is 0 Å². The Hall–Kier alpha value is -1.98. The van der Waals surface area contributed by atoms with Crippen LogP contribution in [0, 0.1) is 5.82 Å². The maximum absolute atomic E-state index is 12.9. The fourth-order valence-electron chi connectivity index (χ4n) is 1.62. The fourth-order valence-corrected chi connectivity index (χ4v) is 1.96. The molecule has 7 heteroatoms.